The van der Waals surface area contributed by atoms with Gasteiger partial charge in [0.05, 0.1) is 32.2 Å². The number of rotatable bonds is 2. The van der Waals surface area contributed by atoms with Crippen LogP contribution in [-0.2, 0) is 23.4 Å². The number of hydrogen-bond donors (Lipinski definition) is 3. The molecule has 0 spiro atoms. The molecule has 3 heterocycles. The first-order valence-corrected chi connectivity index (χ1v) is 13.8. The molecular formula is C24H32N3O10P. The average Bonchev–Trinajstić information content (AvgIpc) is 3.11. The molecule has 1 fully saturated rings. The van der Waals surface area contributed by atoms with Gasteiger partial charge in [-0.25, -0.2) is 9.36 Å². The number of aliphatic hydroxyl groups excluding tert-OH is 1. The molecule has 0 amide bonds. The molecule has 6 atom stereocenters. The first kappa shape index (κ1) is 28.2. The summed E-state index contributed by atoms with van der Waals surface area (Å²) in [7, 11) is -4.24. The molecule has 1 aromatic heterocycles. The van der Waals surface area contributed by atoms with Crippen LogP contribution >= 0.6 is 7.75 Å². The largest absolute Gasteiger partial charge is 0.490 e. The highest BCUT2D eigenvalue weighted by molar-refractivity contribution is 7.52. The van der Waals surface area contributed by atoms with Crippen molar-refractivity contribution >= 4 is 13.7 Å². The van der Waals surface area contributed by atoms with Gasteiger partial charge in [0, 0.05) is 0 Å². The number of carbonyl (C=O) groups excluding carboxylic acids is 1. The maximum absolute atomic E-state index is 13.7. The van der Waals surface area contributed by atoms with Crippen LogP contribution in [0.3, 0.4) is 0 Å². The number of benzene rings is 1. The fraction of sp³-hybridized carbons (Fsp3) is 0.542. The predicted octanol–water partition coefficient (Wildman–Crippen LogP) is 1.54. The lowest BCUT2D eigenvalue weighted by molar-refractivity contribution is -0.145. The van der Waals surface area contributed by atoms with E-state index in [1.54, 1.807) is 30.3 Å². The summed E-state index contributed by atoms with van der Waals surface area (Å²) in [4.78, 5) is 28.8. The number of cyclic esters (lactones) is 1. The molecule has 38 heavy (non-hydrogen) atoms. The second kappa shape index (κ2) is 11.9. The van der Waals surface area contributed by atoms with Crippen molar-refractivity contribution in [3.63, 3.8) is 0 Å². The average molecular weight is 554 g/mol. The molecule has 1 unspecified atom stereocenters. The summed E-state index contributed by atoms with van der Waals surface area (Å²) in [5, 5.41) is 24.5. The Morgan fingerprint density at radius 3 is 2.61 bits per heavy atom. The smallest absolute Gasteiger partial charge is 0.459 e. The Balaban J connectivity index is 1.62. The van der Waals surface area contributed by atoms with Crippen molar-refractivity contribution in [2.75, 3.05) is 19.8 Å². The first-order chi connectivity index (χ1) is 18.1. The standard InChI is InChI=1S/C24H32N3O10P/c1-16-21(29)34-12-8-4-7-11-33-18-13-25-23(30)27(14-18)22-24(2,31)20(28)19(36-22)15-35-38(32,26-16)37-17-9-5-3-6-10-17/h3,5-6,9-10,13-14,16,19-20,22,28,31H,4,7-8,11-12,15H2,1-2H3,(H,26,32)/t16-,19-,20-,22-,24-,38?/m1/s1. The third kappa shape index (κ3) is 6.60. The molecule has 0 aliphatic carbocycles. The van der Waals surface area contributed by atoms with Crippen LogP contribution in [0.4, 0.5) is 0 Å². The van der Waals surface area contributed by atoms with Gasteiger partial charge in [-0.1, -0.05) is 18.2 Å². The molecule has 1 saturated heterocycles. The summed E-state index contributed by atoms with van der Waals surface area (Å²) >= 11 is 0. The first-order valence-electron chi connectivity index (χ1n) is 12.3. The van der Waals surface area contributed by atoms with Crippen LogP contribution < -0.4 is 20.0 Å². The lowest BCUT2D eigenvalue weighted by Gasteiger charge is -2.27. The molecule has 4 bridgehead atoms. The molecule has 13 nitrogen and oxygen atoms in total. The number of fused-ring (bicyclic) bond motifs is 5. The van der Waals surface area contributed by atoms with E-state index in [1.165, 1.54) is 26.2 Å². The van der Waals surface area contributed by atoms with Crippen molar-refractivity contribution in [1.29, 1.82) is 0 Å². The van der Waals surface area contributed by atoms with Gasteiger partial charge in [0.1, 0.15) is 29.6 Å². The minimum absolute atomic E-state index is 0.154. The molecule has 2 aliphatic rings. The third-order valence-corrected chi connectivity index (χ3v) is 7.82. The van der Waals surface area contributed by atoms with E-state index in [1.807, 2.05) is 0 Å². The molecule has 2 aromatic rings. The number of para-hydroxylation sites is 1. The second-order valence-corrected chi connectivity index (χ2v) is 11.0. The number of aromatic nitrogens is 2. The van der Waals surface area contributed by atoms with E-state index in [4.69, 9.17) is 23.3 Å². The highest BCUT2D eigenvalue weighted by Gasteiger charge is 2.54. The van der Waals surface area contributed by atoms with Gasteiger partial charge in [-0.2, -0.15) is 10.1 Å². The number of carbonyl (C=O) groups is 1. The lowest BCUT2D eigenvalue weighted by Crippen LogP contribution is -2.46. The number of hydrogen-bond acceptors (Lipinski definition) is 11. The Morgan fingerprint density at radius 2 is 1.87 bits per heavy atom. The van der Waals surface area contributed by atoms with Crippen LogP contribution in [0, 0.1) is 0 Å². The van der Waals surface area contributed by atoms with Crippen molar-refractivity contribution < 1.29 is 42.8 Å². The van der Waals surface area contributed by atoms with Gasteiger partial charge in [-0.3, -0.25) is 13.9 Å². The van der Waals surface area contributed by atoms with Crippen molar-refractivity contribution in [3.8, 4) is 11.5 Å². The minimum atomic E-state index is -4.24. The quantitative estimate of drug-likeness (QED) is 0.363. The highest BCUT2D eigenvalue weighted by Crippen LogP contribution is 2.47. The highest BCUT2D eigenvalue weighted by atomic mass is 31.2. The lowest BCUT2D eigenvalue weighted by atomic mass is 9.96. The van der Waals surface area contributed by atoms with Crippen molar-refractivity contribution in [2.24, 2.45) is 0 Å². The van der Waals surface area contributed by atoms with E-state index in [0.29, 0.717) is 25.9 Å². The Hall–Kier alpha value is -2.80. The maximum Gasteiger partial charge on any atom is 0.459 e. The van der Waals surface area contributed by atoms with E-state index in [9.17, 15) is 24.4 Å². The zero-order valence-electron chi connectivity index (χ0n) is 21.1. The van der Waals surface area contributed by atoms with Gasteiger partial charge in [-0.15, -0.1) is 0 Å². The fourth-order valence-electron chi connectivity index (χ4n) is 4.07. The SMILES string of the molecule is C[C@H]1NP(=O)(Oc2ccccc2)OC[C@H]2O[C@@H](n3cc(cnc3=O)OCCCCCOC1=O)[C@](C)(O)[C@@H]2O. The molecule has 14 heteroatoms. The Kier molecular flexibility index (Phi) is 8.86. The topological polar surface area (TPSA) is 168 Å². The zero-order valence-corrected chi connectivity index (χ0v) is 22.0. The monoisotopic (exact) mass is 553 g/mol. The molecule has 1 aromatic carbocycles. The summed E-state index contributed by atoms with van der Waals surface area (Å²) in [6.45, 7) is 2.69. The van der Waals surface area contributed by atoms with Gasteiger partial charge in [0.25, 0.3) is 0 Å². The Labute approximate surface area is 219 Å². The van der Waals surface area contributed by atoms with Gasteiger partial charge in [-0.05, 0) is 45.2 Å². The van der Waals surface area contributed by atoms with Crippen LogP contribution in [0.5, 0.6) is 11.5 Å². The normalized spacial score (nSPS) is 33.2. The predicted molar refractivity (Wildman–Crippen MR) is 133 cm³/mol. The maximum atomic E-state index is 13.7. The number of esters is 1. The van der Waals surface area contributed by atoms with Gasteiger partial charge < -0.3 is 28.9 Å². The summed E-state index contributed by atoms with van der Waals surface area (Å²) in [5.74, 6) is -0.183. The molecular weight excluding hydrogens is 521 g/mol. The summed E-state index contributed by atoms with van der Waals surface area (Å²) in [6.07, 6.45) is 0.361. The second-order valence-electron chi connectivity index (χ2n) is 9.30. The summed E-state index contributed by atoms with van der Waals surface area (Å²) in [6, 6.07) is 7.12. The van der Waals surface area contributed by atoms with Crippen molar-refractivity contribution in [1.82, 2.24) is 14.6 Å². The molecule has 208 valence electrons. The van der Waals surface area contributed by atoms with Crippen molar-refractivity contribution in [3.05, 3.63) is 53.2 Å². The van der Waals surface area contributed by atoms with Gasteiger partial charge in [0.15, 0.2) is 12.0 Å². The summed E-state index contributed by atoms with van der Waals surface area (Å²) < 4.78 is 42.7. The van der Waals surface area contributed by atoms with E-state index >= 15 is 0 Å². The number of aliphatic hydroxyl groups is 2. The molecule has 0 saturated carbocycles. The van der Waals surface area contributed by atoms with Crippen molar-refractivity contribution in [2.45, 2.75) is 63.2 Å². The number of nitrogens with one attached hydrogen (secondary N) is 1. The van der Waals surface area contributed by atoms with Crippen LogP contribution in [0.1, 0.15) is 39.3 Å². The van der Waals surface area contributed by atoms with Crippen LogP contribution in [0.25, 0.3) is 0 Å². The number of ether oxygens (including phenoxy) is 3. The minimum Gasteiger partial charge on any atom is -0.490 e. The fourth-order valence-corrected chi connectivity index (χ4v) is 5.57. The summed E-state index contributed by atoms with van der Waals surface area (Å²) in [5.41, 5.74) is -2.68. The third-order valence-electron chi connectivity index (χ3n) is 6.18. The molecule has 4 rings (SSSR count). The van der Waals surface area contributed by atoms with Crippen LogP contribution in [0.2, 0.25) is 0 Å². The van der Waals surface area contributed by atoms with Crippen LogP contribution in [0.15, 0.2) is 47.5 Å². The van der Waals surface area contributed by atoms with Gasteiger partial charge in [0.2, 0.25) is 0 Å². The molecule has 0 radical (unpaired) electrons. The van der Waals surface area contributed by atoms with Gasteiger partial charge >= 0.3 is 19.4 Å². The zero-order chi connectivity index (χ0) is 27.3. The van der Waals surface area contributed by atoms with E-state index in [-0.39, 0.29) is 18.1 Å². The number of nitrogens with zero attached hydrogens (tertiary/aromatic N) is 2. The van der Waals surface area contributed by atoms with E-state index < -0.39 is 56.1 Å². The van der Waals surface area contributed by atoms with E-state index in [0.717, 1.165) is 4.57 Å². The Morgan fingerprint density at radius 1 is 1.16 bits per heavy atom. The molecule has 2 aliphatic heterocycles. The Bertz CT molecular complexity index is 1210. The van der Waals surface area contributed by atoms with Crippen LogP contribution in [-0.4, -0.2) is 69.4 Å². The van der Waals surface area contributed by atoms with E-state index in [2.05, 4.69) is 10.1 Å². The molecule has 3 N–H and O–H groups in total.